The highest BCUT2D eigenvalue weighted by Gasteiger charge is 2.39. The van der Waals surface area contributed by atoms with E-state index in [4.69, 9.17) is 9.47 Å². The number of rotatable bonds is 15. The van der Waals surface area contributed by atoms with Crippen molar-refractivity contribution in [1.29, 1.82) is 0 Å². The molecule has 0 N–H and O–H groups in total. The smallest absolute Gasteiger partial charge is 0.0645 e. The van der Waals surface area contributed by atoms with Gasteiger partial charge in [-0.1, -0.05) is 85.1 Å². The van der Waals surface area contributed by atoms with Gasteiger partial charge in [0.15, 0.2) is 0 Å². The molecule has 0 radical (unpaired) electrons. The van der Waals surface area contributed by atoms with E-state index in [1.54, 1.807) is 0 Å². The van der Waals surface area contributed by atoms with E-state index in [2.05, 4.69) is 77.7 Å². The molecule has 266 valence electrons. The lowest BCUT2D eigenvalue weighted by atomic mass is 9.74. The van der Waals surface area contributed by atoms with Crippen molar-refractivity contribution in [2.24, 2.45) is 47.3 Å². The van der Waals surface area contributed by atoms with E-state index < -0.39 is 0 Å². The molecule has 0 aliphatic heterocycles. The van der Waals surface area contributed by atoms with Gasteiger partial charge in [0, 0.05) is 43.7 Å². The van der Waals surface area contributed by atoms with E-state index in [0.717, 1.165) is 73.1 Å². The highest BCUT2D eigenvalue weighted by Crippen LogP contribution is 2.41. The van der Waals surface area contributed by atoms with Crippen LogP contribution in [0, 0.1) is 47.3 Å². The normalized spacial score (nSPS) is 38.7. The third kappa shape index (κ3) is 11.5. The lowest BCUT2D eigenvalue weighted by molar-refractivity contribution is -0.0614. The van der Waals surface area contributed by atoms with Crippen LogP contribution in [0.2, 0.25) is 0 Å². The summed E-state index contributed by atoms with van der Waals surface area (Å²) in [4.78, 5) is 3.14. The minimum atomic E-state index is 0.295. The minimum Gasteiger partial charge on any atom is -0.381 e. The Kier molecular flexibility index (Phi) is 16.2. The zero-order valence-corrected chi connectivity index (χ0v) is 31.8. The number of methoxy groups -OCH3 is 1. The maximum absolute atomic E-state index is 6.69. The zero-order chi connectivity index (χ0) is 33.1. The second-order valence-corrected chi connectivity index (χ2v) is 17.5. The molecule has 0 aromatic carbocycles. The second kappa shape index (κ2) is 19.5. The molecular formula is C43H77NO2. The molecule has 0 aromatic rings. The van der Waals surface area contributed by atoms with Gasteiger partial charge < -0.3 is 9.47 Å². The van der Waals surface area contributed by atoms with Crippen molar-refractivity contribution < 1.29 is 9.47 Å². The van der Waals surface area contributed by atoms with Crippen molar-refractivity contribution in [3.05, 3.63) is 24.3 Å². The Balaban J connectivity index is 1.31. The Labute approximate surface area is 287 Å². The Morgan fingerprint density at radius 3 is 1.91 bits per heavy atom. The molecule has 4 aliphatic rings. The fourth-order valence-electron chi connectivity index (χ4n) is 9.86. The van der Waals surface area contributed by atoms with E-state index in [1.165, 1.54) is 96.3 Å². The molecule has 4 rings (SSSR count). The number of hydrogen-bond acceptors (Lipinski definition) is 3. The van der Waals surface area contributed by atoms with Gasteiger partial charge in [0.1, 0.15) is 0 Å². The van der Waals surface area contributed by atoms with Crippen molar-refractivity contribution in [2.75, 3.05) is 13.7 Å². The van der Waals surface area contributed by atoms with Crippen LogP contribution in [0.3, 0.4) is 0 Å². The van der Waals surface area contributed by atoms with Crippen LogP contribution in [0.25, 0.3) is 0 Å². The maximum atomic E-state index is 6.69. The maximum Gasteiger partial charge on any atom is 0.0645 e. The van der Waals surface area contributed by atoms with Crippen molar-refractivity contribution >= 4 is 0 Å². The van der Waals surface area contributed by atoms with Crippen LogP contribution in [-0.4, -0.2) is 49.0 Å². The van der Waals surface area contributed by atoms with Crippen LogP contribution in [0.4, 0.5) is 0 Å². The average Bonchev–Trinajstić information content (AvgIpc) is 3.04. The molecule has 46 heavy (non-hydrogen) atoms. The first-order valence-electron chi connectivity index (χ1n) is 20.4. The summed E-state index contributed by atoms with van der Waals surface area (Å²) in [5.41, 5.74) is 0. The van der Waals surface area contributed by atoms with Gasteiger partial charge in [-0.05, 0) is 132 Å². The van der Waals surface area contributed by atoms with E-state index >= 15 is 0 Å². The predicted octanol–water partition coefficient (Wildman–Crippen LogP) is 11.7. The molecule has 4 fully saturated rings. The highest BCUT2D eigenvalue weighted by molar-refractivity contribution is 5.05. The summed E-state index contributed by atoms with van der Waals surface area (Å²) < 4.78 is 12.8. The monoisotopic (exact) mass is 640 g/mol. The van der Waals surface area contributed by atoms with Gasteiger partial charge in [-0.3, -0.25) is 4.90 Å². The SMILES string of the molecule is CC=CC1CC(OC)C(C=CC2CCC(N(C3CCC(C)CC3)C3CCC(C)C(C)C3)CC2)CC1OCCC(C)CCCC(C)C. The van der Waals surface area contributed by atoms with Gasteiger partial charge in [0.2, 0.25) is 0 Å². The quantitative estimate of drug-likeness (QED) is 0.166. The van der Waals surface area contributed by atoms with Crippen LogP contribution >= 0.6 is 0 Å². The van der Waals surface area contributed by atoms with E-state index in [1.807, 2.05) is 7.11 Å². The summed E-state index contributed by atoms with van der Waals surface area (Å²) in [6.07, 6.45) is 33.4. The number of allylic oxidation sites excluding steroid dienone is 2. The van der Waals surface area contributed by atoms with Gasteiger partial charge >= 0.3 is 0 Å². The van der Waals surface area contributed by atoms with Crippen LogP contribution in [0.5, 0.6) is 0 Å². The Morgan fingerprint density at radius 2 is 1.28 bits per heavy atom. The lowest BCUT2D eigenvalue weighted by Crippen LogP contribution is -2.53. The molecule has 3 nitrogen and oxygen atoms in total. The Bertz CT molecular complexity index is 881. The van der Waals surface area contributed by atoms with Gasteiger partial charge in [0.05, 0.1) is 12.2 Å². The summed E-state index contributed by atoms with van der Waals surface area (Å²) in [6, 6.07) is 2.48. The molecule has 4 aliphatic carbocycles. The fraction of sp³-hybridized carbons (Fsp3) is 0.907. The Morgan fingerprint density at radius 1 is 0.652 bits per heavy atom. The fourth-order valence-corrected chi connectivity index (χ4v) is 9.86. The minimum absolute atomic E-state index is 0.295. The molecule has 0 bridgehead atoms. The highest BCUT2D eigenvalue weighted by atomic mass is 16.5. The summed E-state index contributed by atoms with van der Waals surface area (Å²) in [5.74, 6) is 5.94. The summed E-state index contributed by atoms with van der Waals surface area (Å²) >= 11 is 0. The molecule has 0 heterocycles. The molecule has 8 unspecified atom stereocenters. The molecule has 4 saturated carbocycles. The van der Waals surface area contributed by atoms with Crippen LogP contribution in [0.15, 0.2) is 24.3 Å². The van der Waals surface area contributed by atoms with Crippen molar-refractivity contribution in [3.63, 3.8) is 0 Å². The molecule has 0 aromatic heterocycles. The molecule has 3 heteroatoms. The second-order valence-electron chi connectivity index (χ2n) is 17.5. The van der Waals surface area contributed by atoms with E-state index in [9.17, 15) is 0 Å². The Hall–Kier alpha value is -0.640. The summed E-state index contributed by atoms with van der Waals surface area (Å²) in [7, 11) is 1.93. The molecule has 0 spiro atoms. The average molecular weight is 640 g/mol. The lowest BCUT2D eigenvalue weighted by Gasteiger charge is -2.50. The van der Waals surface area contributed by atoms with Crippen LogP contribution in [-0.2, 0) is 9.47 Å². The van der Waals surface area contributed by atoms with Crippen molar-refractivity contribution in [2.45, 2.75) is 188 Å². The third-order valence-electron chi connectivity index (χ3n) is 13.3. The first-order chi connectivity index (χ1) is 22.2. The van der Waals surface area contributed by atoms with Crippen molar-refractivity contribution in [3.8, 4) is 0 Å². The van der Waals surface area contributed by atoms with Crippen LogP contribution < -0.4 is 0 Å². The van der Waals surface area contributed by atoms with E-state index in [-0.39, 0.29) is 0 Å². The van der Waals surface area contributed by atoms with Gasteiger partial charge in [-0.15, -0.1) is 0 Å². The van der Waals surface area contributed by atoms with Gasteiger partial charge in [-0.2, -0.15) is 0 Å². The molecular weight excluding hydrogens is 562 g/mol. The number of hydrogen-bond donors (Lipinski definition) is 0. The van der Waals surface area contributed by atoms with Gasteiger partial charge in [-0.25, -0.2) is 0 Å². The molecule has 0 amide bonds. The first-order valence-corrected chi connectivity index (χ1v) is 20.4. The largest absolute Gasteiger partial charge is 0.381 e. The first kappa shape index (κ1) is 38.2. The van der Waals surface area contributed by atoms with Crippen LogP contribution in [0.1, 0.15) is 158 Å². The summed E-state index contributed by atoms with van der Waals surface area (Å²) in [6.45, 7) is 17.7. The summed E-state index contributed by atoms with van der Waals surface area (Å²) in [5, 5.41) is 0. The standard InChI is InChI=1S/C43H77NO2/c1-9-11-37-29-42(45-8)38(30-43(37)46-27-26-32(4)13-10-12-31(2)3)20-17-36-18-24-40(25-19-36)44(39-21-14-33(5)15-22-39)41-23-16-34(6)35(7)28-41/h9,11,17,20,31-43H,10,12-16,18-19,21-30H2,1-8H3. The predicted molar refractivity (Wildman–Crippen MR) is 198 cm³/mol. The van der Waals surface area contributed by atoms with Crippen molar-refractivity contribution in [1.82, 2.24) is 4.90 Å². The number of ether oxygens (including phenoxy) is 2. The molecule has 8 atom stereocenters. The topological polar surface area (TPSA) is 21.7 Å². The van der Waals surface area contributed by atoms with E-state index in [0.29, 0.717) is 24.0 Å². The zero-order valence-electron chi connectivity index (χ0n) is 31.8. The third-order valence-corrected chi connectivity index (χ3v) is 13.3. The molecule has 0 saturated heterocycles. The number of nitrogens with zero attached hydrogens (tertiary/aromatic N) is 1. The van der Waals surface area contributed by atoms with Gasteiger partial charge in [0.25, 0.3) is 0 Å².